The van der Waals surface area contributed by atoms with Gasteiger partial charge < -0.3 is 20.1 Å². The molecule has 0 aliphatic heterocycles. The summed E-state index contributed by atoms with van der Waals surface area (Å²) in [6.07, 6.45) is 18.3. The first kappa shape index (κ1) is 28.5. The highest BCUT2D eigenvalue weighted by atomic mass is 16.5. The van der Waals surface area contributed by atoms with Crippen LogP contribution in [-0.2, 0) is 6.42 Å². The lowest BCUT2D eigenvalue weighted by atomic mass is 9.68. The SMILES string of the molecule is CCCCCC1CCC(C2CCC(c3ccc(OCC(C)(CO)CO)c(CCCO)c3)CC2)CC1. The molecule has 0 amide bonds. The Hall–Kier alpha value is -1.10. The maximum absolute atomic E-state index is 9.59. The zero-order chi connectivity index (χ0) is 25.1. The highest BCUT2D eigenvalue weighted by Crippen LogP contribution is 2.45. The second-order valence-corrected chi connectivity index (χ2v) is 12.0. The summed E-state index contributed by atoms with van der Waals surface area (Å²) in [5.74, 6) is 4.33. The van der Waals surface area contributed by atoms with E-state index in [0.29, 0.717) is 12.3 Å². The standard InChI is InChI=1S/C31H52O4/c1-3-4-5-7-24-9-11-25(12-10-24)26-13-15-27(16-14-26)28-17-18-30(29(20-28)8-6-19-32)35-23-31(2,21-33)22-34/h17-18,20,24-27,32-34H,3-16,19,21-23H2,1-2H3. The number of unbranched alkanes of at least 4 members (excludes halogenated alkanes) is 2. The smallest absolute Gasteiger partial charge is 0.122 e. The molecule has 1 aromatic rings. The van der Waals surface area contributed by atoms with Crippen LogP contribution in [0.25, 0.3) is 0 Å². The van der Waals surface area contributed by atoms with Gasteiger partial charge in [-0.3, -0.25) is 0 Å². The number of aliphatic hydroxyl groups excluding tert-OH is 3. The van der Waals surface area contributed by atoms with E-state index in [2.05, 4.69) is 25.1 Å². The van der Waals surface area contributed by atoms with Crippen LogP contribution < -0.4 is 4.74 Å². The van der Waals surface area contributed by atoms with Crippen molar-refractivity contribution in [3.05, 3.63) is 29.3 Å². The van der Waals surface area contributed by atoms with E-state index in [-0.39, 0.29) is 26.4 Å². The van der Waals surface area contributed by atoms with Crippen LogP contribution >= 0.6 is 0 Å². The molecule has 3 rings (SSSR count). The van der Waals surface area contributed by atoms with Crippen LogP contribution in [0.15, 0.2) is 18.2 Å². The van der Waals surface area contributed by atoms with E-state index in [9.17, 15) is 15.3 Å². The van der Waals surface area contributed by atoms with Crippen molar-refractivity contribution in [3.8, 4) is 5.75 Å². The van der Waals surface area contributed by atoms with Gasteiger partial charge >= 0.3 is 0 Å². The maximum atomic E-state index is 9.59. The van der Waals surface area contributed by atoms with E-state index in [1.165, 1.54) is 82.6 Å². The van der Waals surface area contributed by atoms with Gasteiger partial charge in [-0.15, -0.1) is 0 Å². The molecule has 200 valence electrons. The van der Waals surface area contributed by atoms with Gasteiger partial charge in [0.1, 0.15) is 5.75 Å². The average molecular weight is 489 g/mol. The van der Waals surface area contributed by atoms with Gasteiger partial charge in [-0.1, -0.05) is 64.5 Å². The van der Waals surface area contributed by atoms with Gasteiger partial charge in [0.2, 0.25) is 0 Å². The summed E-state index contributed by atoms with van der Waals surface area (Å²) in [5.41, 5.74) is 1.90. The Balaban J connectivity index is 1.53. The van der Waals surface area contributed by atoms with Crippen molar-refractivity contribution in [1.82, 2.24) is 0 Å². The molecule has 1 aromatic carbocycles. The van der Waals surface area contributed by atoms with Gasteiger partial charge in [-0.05, 0) is 92.2 Å². The monoisotopic (exact) mass is 488 g/mol. The summed E-state index contributed by atoms with van der Waals surface area (Å²) in [7, 11) is 0. The van der Waals surface area contributed by atoms with E-state index >= 15 is 0 Å². The fourth-order valence-electron chi connectivity index (χ4n) is 6.41. The molecule has 2 saturated carbocycles. The molecule has 4 heteroatoms. The number of benzene rings is 1. The van der Waals surface area contributed by atoms with Gasteiger partial charge in [-0.25, -0.2) is 0 Å². The summed E-state index contributed by atoms with van der Waals surface area (Å²) in [4.78, 5) is 0. The molecule has 2 fully saturated rings. The minimum absolute atomic E-state index is 0.114. The van der Waals surface area contributed by atoms with Crippen molar-refractivity contribution >= 4 is 0 Å². The van der Waals surface area contributed by atoms with Gasteiger partial charge in [-0.2, -0.15) is 0 Å². The lowest BCUT2D eigenvalue weighted by molar-refractivity contribution is 0.0284. The molecule has 0 heterocycles. The normalized spacial score (nSPS) is 25.5. The molecule has 3 N–H and O–H groups in total. The molecular weight excluding hydrogens is 436 g/mol. The van der Waals surface area contributed by atoms with Crippen molar-refractivity contribution in [2.24, 2.45) is 23.2 Å². The van der Waals surface area contributed by atoms with E-state index in [1.54, 1.807) is 0 Å². The molecule has 2 aliphatic rings. The van der Waals surface area contributed by atoms with Gasteiger partial charge in [0.15, 0.2) is 0 Å². The number of ether oxygens (including phenoxy) is 1. The predicted molar refractivity (Wildman–Crippen MR) is 144 cm³/mol. The Morgan fingerprint density at radius 2 is 1.51 bits per heavy atom. The van der Waals surface area contributed by atoms with Crippen molar-refractivity contribution in [2.45, 2.75) is 110 Å². The second-order valence-electron chi connectivity index (χ2n) is 12.0. The molecule has 0 aromatic heterocycles. The van der Waals surface area contributed by atoms with Crippen molar-refractivity contribution in [3.63, 3.8) is 0 Å². The third kappa shape index (κ3) is 8.47. The number of aliphatic hydroxyl groups is 3. The number of hydrogen-bond acceptors (Lipinski definition) is 4. The number of aryl methyl sites for hydroxylation is 1. The Bertz CT molecular complexity index is 713. The highest BCUT2D eigenvalue weighted by Gasteiger charge is 2.31. The zero-order valence-electron chi connectivity index (χ0n) is 22.5. The van der Waals surface area contributed by atoms with E-state index < -0.39 is 5.41 Å². The molecule has 0 atom stereocenters. The third-order valence-corrected chi connectivity index (χ3v) is 9.05. The number of rotatable bonds is 14. The average Bonchev–Trinajstić information content (AvgIpc) is 2.91. The summed E-state index contributed by atoms with van der Waals surface area (Å²) in [5, 5.41) is 28.6. The lowest BCUT2D eigenvalue weighted by Crippen LogP contribution is -2.33. The molecule has 0 radical (unpaired) electrons. The lowest BCUT2D eigenvalue weighted by Gasteiger charge is -2.38. The quantitative estimate of drug-likeness (QED) is 0.257. The molecule has 0 spiro atoms. The van der Waals surface area contributed by atoms with Crippen LogP contribution in [0.2, 0.25) is 0 Å². The van der Waals surface area contributed by atoms with Gasteiger partial charge in [0.25, 0.3) is 0 Å². The Labute approximate surface area is 214 Å². The minimum Gasteiger partial charge on any atom is -0.493 e. The van der Waals surface area contributed by atoms with Crippen molar-refractivity contribution in [1.29, 1.82) is 0 Å². The van der Waals surface area contributed by atoms with Crippen LogP contribution in [0.1, 0.15) is 114 Å². The maximum Gasteiger partial charge on any atom is 0.122 e. The first-order valence-electron chi connectivity index (χ1n) is 14.6. The van der Waals surface area contributed by atoms with Gasteiger partial charge in [0.05, 0.1) is 19.8 Å². The molecule has 2 aliphatic carbocycles. The highest BCUT2D eigenvalue weighted by molar-refractivity contribution is 5.39. The Kier molecular flexibility index (Phi) is 11.9. The molecule has 0 unspecified atom stereocenters. The topological polar surface area (TPSA) is 69.9 Å². The summed E-state index contributed by atoms with van der Waals surface area (Å²) >= 11 is 0. The summed E-state index contributed by atoms with van der Waals surface area (Å²) in [6, 6.07) is 6.59. The van der Waals surface area contributed by atoms with E-state index in [0.717, 1.165) is 35.5 Å². The van der Waals surface area contributed by atoms with Crippen LogP contribution in [0.5, 0.6) is 5.75 Å². The van der Waals surface area contributed by atoms with Gasteiger partial charge in [0, 0.05) is 12.0 Å². The van der Waals surface area contributed by atoms with Crippen LogP contribution in [0.3, 0.4) is 0 Å². The van der Waals surface area contributed by atoms with Crippen molar-refractivity contribution in [2.75, 3.05) is 26.4 Å². The fourth-order valence-corrected chi connectivity index (χ4v) is 6.41. The summed E-state index contributed by atoms with van der Waals surface area (Å²) < 4.78 is 6.06. The molecule has 0 bridgehead atoms. The molecular formula is C31H52O4. The molecule has 4 nitrogen and oxygen atoms in total. The molecule has 0 saturated heterocycles. The number of hydrogen-bond donors (Lipinski definition) is 3. The predicted octanol–water partition coefficient (Wildman–Crippen LogP) is 6.64. The molecule has 35 heavy (non-hydrogen) atoms. The summed E-state index contributed by atoms with van der Waals surface area (Å²) in [6.45, 7) is 4.34. The van der Waals surface area contributed by atoms with E-state index in [1.807, 2.05) is 6.92 Å². The Morgan fingerprint density at radius 1 is 0.857 bits per heavy atom. The van der Waals surface area contributed by atoms with Crippen LogP contribution in [0.4, 0.5) is 0 Å². The first-order valence-corrected chi connectivity index (χ1v) is 14.6. The largest absolute Gasteiger partial charge is 0.493 e. The second kappa shape index (κ2) is 14.6. The Morgan fingerprint density at radius 3 is 2.11 bits per heavy atom. The first-order chi connectivity index (χ1) is 17.0. The van der Waals surface area contributed by atoms with Crippen LogP contribution in [0, 0.1) is 23.2 Å². The fraction of sp³-hybridized carbons (Fsp3) is 0.806. The third-order valence-electron chi connectivity index (χ3n) is 9.05. The minimum atomic E-state index is -0.653. The van der Waals surface area contributed by atoms with Crippen molar-refractivity contribution < 1.29 is 20.1 Å². The van der Waals surface area contributed by atoms with Crippen LogP contribution in [-0.4, -0.2) is 41.7 Å². The van der Waals surface area contributed by atoms with E-state index in [4.69, 9.17) is 4.74 Å². The zero-order valence-corrected chi connectivity index (χ0v) is 22.5.